The molecular formula is C26H21FN8O2. The van der Waals surface area contributed by atoms with Gasteiger partial charge in [0.15, 0.2) is 5.82 Å². The number of aromatic amines is 2. The van der Waals surface area contributed by atoms with E-state index < -0.39 is 12.0 Å². The maximum absolute atomic E-state index is 14.0. The van der Waals surface area contributed by atoms with Crippen LogP contribution >= 0.6 is 0 Å². The predicted octanol–water partition coefficient (Wildman–Crippen LogP) is 4.61. The van der Waals surface area contributed by atoms with Crippen LogP contribution in [0.1, 0.15) is 13.3 Å². The molecular weight excluding hydrogens is 475 g/mol. The number of hydrogen-bond donors (Lipinski definition) is 5. The predicted molar refractivity (Wildman–Crippen MR) is 137 cm³/mol. The Morgan fingerprint density at radius 3 is 2.68 bits per heavy atom. The van der Waals surface area contributed by atoms with Crippen molar-refractivity contribution >= 4 is 27.6 Å². The lowest BCUT2D eigenvalue weighted by Crippen LogP contribution is -2.16. The summed E-state index contributed by atoms with van der Waals surface area (Å²) in [4.78, 5) is 21.0. The molecule has 184 valence electrons. The van der Waals surface area contributed by atoms with Gasteiger partial charge in [-0.3, -0.25) is 20.1 Å². The van der Waals surface area contributed by atoms with Crippen LogP contribution < -0.4 is 5.32 Å². The van der Waals surface area contributed by atoms with E-state index >= 15 is 0 Å². The number of nitrogens with zero attached hydrogens (tertiary/aromatic N) is 5. The number of phenolic OH excluding ortho intramolecular Hbond substituents is 1. The molecule has 1 aromatic carbocycles. The average Bonchev–Trinajstić information content (AvgIpc) is 3.51. The minimum Gasteiger partial charge on any atom is -0.508 e. The van der Waals surface area contributed by atoms with Gasteiger partial charge in [-0.1, -0.05) is 6.92 Å². The van der Waals surface area contributed by atoms with Crippen molar-refractivity contribution in [3.63, 3.8) is 0 Å². The van der Waals surface area contributed by atoms with E-state index in [-0.39, 0.29) is 5.75 Å². The van der Waals surface area contributed by atoms with Crippen molar-refractivity contribution in [3.8, 4) is 39.7 Å². The third kappa shape index (κ3) is 4.21. The minimum atomic E-state index is -0.670. The third-order valence-corrected chi connectivity index (χ3v) is 6.01. The zero-order chi connectivity index (χ0) is 25.5. The zero-order valence-corrected chi connectivity index (χ0v) is 19.6. The number of aliphatic hydroxyl groups excluding tert-OH is 1. The van der Waals surface area contributed by atoms with Crippen molar-refractivity contribution in [1.82, 2.24) is 35.1 Å². The van der Waals surface area contributed by atoms with Gasteiger partial charge in [0.05, 0.1) is 46.5 Å². The number of rotatable bonds is 6. The van der Waals surface area contributed by atoms with Crippen LogP contribution in [0, 0.1) is 5.82 Å². The first-order valence-corrected chi connectivity index (χ1v) is 11.6. The maximum Gasteiger partial charge on any atom is 0.159 e. The number of fused-ring (bicyclic) bond motifs is 2. The fourth-order valence-corrected chi connectivity index (χ4v) is 4.19. The number of hydrogen-bond acceptors (Lipinski definition) is 8. The molecule has 10 nitrogen and oxygen atoms in total. The summed E-state index contributed by atoms with van der Waals surface area (Å²) in [5, 5.41) is 31.0. The molecule has 0 fully saturated rings. The molecule has 0 saturated heterocycles. The third-order valence-electron chi connectivity index (χ3n) is 6.01. The highest BCUT2D eigenvalue weighted by Crippen LogP contribution is 2.33. The van der Waals surface area contributed by atoms with Gasteiger partial charge in [-0.25, -0.2) is 9.37 Å². The van der Waals surface area contributed by atoms with E-state index in [1.54, 1.807) is 31.0 Å². The number of benzene rings is 1. The molecule has 1 unspecified atom stereocenters. The lowest BCUT2D eigenvalue weighted by molar-refractivity contribution is 0.199. The van der Waals surface area contributed by atoms with Crippen LogP contribution in [0.4, 0.5) is 10.1 Å². The number of nitrogens with one attached hydrogen (secondary N) is 3. The highest BCUT2D eigenvalue weighted by Gasteiger charge is 2.17. The molecule has 5 heterocycles. The van der Waals surface area contributed by atoms with Crippen LogP contribution in [0.15, 0.2) is 61.3 Å². The van der Waals surface area contributed by atoms with Gasteiger partial charge in [0.2, 0.25) is 0 Å². The second-order valence-corrected chi connectivity index (χ2v) is 8.58. The molecule has 0 saturated carbocycles. The molecule has 0 radical (unpaired) electrons. The Hall–Kier alpha value is -4.90. The Bertz CT molecular complexity index is 1740. The Labute approximate surface area is 209 Å². The monoisotopic (exact) mass is 496 g/mol. The fourth-order valence-electron chi connectivity index (χ4n) is 4.19. The number of halogens is 1. The first-order valence-electron chi connectivity index (χ1n) is 11.6. The molecule has 0 bridgehead atoms. The Balaban J connectivity index is 1.43. The molecule has 0 aliphatic carbocycles. The number of phenols is 1. The molecule has 6 aromatic rings. The van der Waals surface area contributed by atoms with Gasteiger partial charge in [0.25, 0.3) is 0 Å². The van der Waals surface area contributed by atoms with E-state index in [1.165, 1.54) is 12.1 Å². The normalized spacial score (nSPS) is 12.3. The number of pyridine rings is 3. The number of imidazole rings is 1. The fraction of sp³-hybridized carbons (Fsp3) is 0.115. The summed E-state index contributed by atoms with van der Waals surface area (Å²) in [5.41, 5.74) is 5.65. The SMILES string of the molecule is CCC(O)Nc1cncc(-c2cc3c(-c4nc5c(-c6cc(O)cc(F)c6)cncc5[nH]4)n[nH]c3cn2)c1. The molecule has 11 heteroatoms. The van der Waals surface area contributed by atoms with E-state index in [2.05, 4.69) is 35.5 Å². The lowest BCUT2D eigenvalue weighted by atomic mass is 10.1. The van der Waals surface area contributed by atoms with Crippen molar-refractivity contribution in [3.05, 3.63) is 67.1 Å². The quantitative estimate of drug-likeness (QED) is 0.210. The Morgan fingerprint density at radius 2 is 1.84 bits per heavy atom. The first-order chi connectivity index (χ1) is 18.0. The van der Waals surface area contributed by atoms with E-state index in [0.29, 0.717) is 51.5 Å². The largest absolute Gasteiger partial charge is 0.508 e. The van der Waals surface area contributed by atoms with Crippen molar-refractivity contribution in [2.45, 2.75) is 19.6 Å². The summed E-state index contributed by atoms with van der Waals surface area (Å²) >= 11 is 0. The van der Waals surface area contributed by atoms with Gasteiger partial charge in [-0.15, -0.1) is 0 Å². The van der Waals surface area contributed by atoms with E-state index in [1.807, 2.05) is 19.1 Å². The van der Waals surface area contributed by atoms with Crippen molar-refractivity contribution < 1.29 is 14.6 Å². The molecule has 1 atom stereocenters. The molecule has 37 heavy (non-hydrogen) atoms. The van der Waals surface area contributed by atoms with Gasteiger partial charge in [0, 0.05) is 35.0 Å². The summed E-state index contributed by atoms with van der Waals surface area (Å²) in [7, 11) is 0. The van der Waals surface area contributed by atoms with Gasteiger partial charge in [0.1, 0.15) is 23.5 Å². The number of anilines is 1. The summed E-state index contributed by atoms with van der Waals surface area (Å²) < 4.78 is 14.0. The minimum absolute atomic E-state index is 0.181. The Morgan fingerprint density at radius 1 is 0.973 bits per heavy atom. The lowest BCUT2D eigenvalue weighted by Gasteiger charge is -2.12. The first kappa shape index (κ1) is 22.6. The zero-order valence-electron chi connectivity index (χ0n) is 19.6. The molecule has 5 N–H and O–H groups in total. The van der Waals surface area contributed by atoms with Gasteiger partial charge < -0.3 is 20.5 Å². The van der Waals surface area contributed by atoms with Crippen LogP contribution in [-0.4, -0.2) is 51.6 Å². The smallest absolute Gasteiger partial charge is 0.159 e. The van der Waals surface area contributed by atoms with Crippen LogP contribution in [-0.2, 0) is 0 Å². The highest BCUT2D eigenvalue weighted by molar-refractivity contribution is 5.97. The molecule has 6 rings (SSSR count). The van der Waals surface area contributed by atoms with Crippen LogP contribution in [0.3, 0.4) is 0 Å². The average molecular weight is 497 g/mol. The number of aromatic hydroxyl groups is 1. The molecule has 0 amide bonds. The van der Waals surface area contributed by atoms with Crippen LogP contribution in [0.25, 0.3) is 55.8 Å². The molecule has 5 aromatic heterocycles. The molecule has 0 spiro atoms. The molecule has 0 aliphatic rings. The summed E-state index contributed by atoms with van der Waals surface area (Å²) in [5.74, 6) is -0.244. The second-order valence-electron chi connectivity index (χ2n) is 8.58. The van der Waals surface area contributed by atoms with E-state index in [4.69, 9.17) is 4.98 Å². The van der Waals surface area contributed by atoms with Crippen molar-refractivity contribution in [2.24, 2.45) is 0 Å². The molecule has 0 aliphatic heterocycles. The topological polar surface area (TPSA) is 149 Å². The summed E-state index contributed by atoms with van der Waals surface area (Å²) in [6.07, 6.45) is 8.13. The maximum atomic E-state index is 14.0. The second kappa shape index (κ2) is 8.95. The van der Waals surface area contributed by atoms with Crippen molar-refractivity contribution in [2.75, 3.05) is 5.32 Å². The van der Waals surface area contributed by atoms with Crippen molar-refractivity contribution in [1.29, 1.82) is 0 Å². The Kier molecular flexibility index (Phi) is 5.46. The number of aromatic nitrogens is 7. The summed E-state index contributed by atoms with van der Waals surface area (Å²) in [6, 6.07) is 7.59. The van der Waals surface area contributed by atoms with Gasteiger partial charge in [-0.2, -0.15) is 5.10 Å². The standard InChI is InChI=1S/C26H21FN8O2/c1-2-23(37)31-16-4-14(8-28-9-16)20-7-18-21(12-30-20)34-35-25(18)26-32-22-11-29-10-19(24(22)33-26)13-3-15(27)6-17(36)5-13/h3-12,23,31,36-37H,2H2,1H3,(H,32,33)(H,34,35). The van der Waals surface area contributed by atoms with Crippen LogP contribution in [0.5, 0.6) is 5.75 Å². The number of aliphatic hydroxyl groups is 1. The number of H-pyrrole nitrogens is 2. The highest BCUT2D eigenvalue weighted by atomic mass is 19.1. The van der Waals surface area contributed by atoms with Gasteiger partial charge in [-0.05, 0) is 36.2 Å². The van der Waals surface area contributed by atoms with Gasteiger partial charge >= 0.3 is 0 Å². The summed E-state index contributed by atoms with van der Waals surface area (Å²) in [6.45, 7) is 1.88. The van der Waals surface area contributed by atoms with E-state index in [0.717, 1.165) is 22.5 Å². The van der Waals surface area contributed by atoms with E-state index in [9.17, 15) is 14.6 Å². The van der Waals surface area contributed by atoms with Crippen LogP contribution in [0.2, 0.25) is 0 Å².